The van der Waals surface area contributed by atoms with Gasteiger partial charge in [0.15, 0.2) is 0 Å². The van der Waals surface area contributed by atoms with E-state index in [0.29, 0.717) is 11.1 Å². The standard InChI is InChI=1S/C9H12ClIN2S/c1-6(2)4-14-5-8-12-3-7(11)9(10)13-8/h3,6H,4-5H2,1-2H3. The van der Waals surface area contributed by atoms with Gasteiger partial charge in [0.2, 0.25) is 0 Å². The summed E-state index contributed by atoms with van der Waals surface area (Å²) in [4.78, 5) is 8.41. The maximum Gasteiger partial charge on any atom is 0.146 e. The van der Waals surface area contributed by atoms with Gasteiger partial charge in [-0.25, -0.2) is 9.97 Å². The van der Waals surface area contributed by atoms with Crippen LogP contribution in [0, 0.1) is 9.49 Å². The Hall–Kier alpha value is 0.450. The summed E-state index contributed by atoms with van der Waals surface area (Å²) < 4.78 is 0.905. The number of nitrogens with zero attached hydrogens (tertiary/aromatic N) is 2. The van der Waals surface area contributed by atoms with Crippen molar-refractivity contribution < 1.29 is 0 Å². The van der Waals surface area contributed by atoms with Crippen LogP contribution < -0.4 is 0 Å². The summed E-state index contributed by atoms with van der Waals surface area (Å²) in [5.74, 6) is 3.50. The van der Waals surface area contributed by atoms with E-state index in [1.807, 2.05) is 11.8 Å². The van der Waals surface area contributed by atoms with Gasteiger partial charge in [0.05, 0.1) is 9.32 Å². The van der Waals surface area contributed by atoms with E-state index in [2.05, 4.69) is 46.4 Å². The van der Waals surface area contributed by atoms with Crippen molar-refractivity contribution in [2.45, 2.75) is 19.6 Å². The topological polar surface area (TPSA) is 25.8 Å². The Labute approximate surface area is 107 Å². The normalized spacial score (nSPS) is 10.9. The summed E-state index contributed by atoms with van der Waals surface area (Å²) in [6.45, 7) is 4.41. The van der Waals surface area contributed by atoms with Crippen molar-refractivity contribution in [2.75, 3.05) is 5.75 Å². The van der Waals surface area contributed by atoms with Crippen LogP contribution in [0.4, 0.5) is 0 Å². The first-order valence-electron chi connectivity index (χ1n) is 4.34. The fourth-order valence-corrected chi connectivity index (χ4v) is 2.15. The molecule has 0 aromatic carbocycles. The molecule has 0 aliphatic rings. The second-order valence-corrected chi connectivity index (χ2v) is 5.88. The van der Waals surface area contributed by atoms with Crippen molar-refractivity contribution in [1.82, 2.24) is 9.97 Å². The van der Waals surface area contributed by atoms with Gasteiger partial charge in [-0.2, -0.15) is 11.8 Å². The van der Waals surface area contributed by atoms with E-state index in [4.69, 9.17) is 11.6 Å². The molecule has 5 heteroatoms. The van der Waals surface area contributed by atoms with E-state index in [-0.39, 0.29) is 0 Å². The van der Waals surface area contributed by atoms with E-state index < -0.39 is 0 Å². The van der Waals surface area contributed by atoms with Gasteiger partial charge in [0.25, 0.3) is 0 Å². The van der Waals surface area contributed by atoms with E-state index in [1.165, 1.54) is 0 Å². The quantitative estimate of drug-likeness (QED) is 0.617. The average Bonchev–Trinajstić information content (AvgIpc) is 2.10. The summed E-state index contributed by atoms with van der Waals surface area (Å²) in [7, 11) is 0. The molecule has 1 heterocycles. The fourth-order valence-electron chi connectivity index (χ4n) is 0.835. The summed E-state index contributed by atoms with van der Waals surface area (Å²) >= 11 is 9.86. The zero-order valence-electron chi connectivity index (χ0n) is 8.13. The third kappa shape index (κ3) is 4.31. The van der Waals surface area contributed by atoms with Gasteiger partial charge in [0.1, 0.15) is 11.0 Å². The molecule has 0 fully saturated rings. The molecular weight excluding hydrogens is 331 g/mol. The summed E-state index contributed by atoms with van der Waals surface area (Å²) in [6.07, 6.45) is 1.77. The zero-order chi connectivity index (χ0) is 10.6. The monoisotopic (exact) mass is 342 g/mol. The highest BCUT2D eigenvalue weighted by Crippen LogP contribution is 2.17. The largest absolute Gasteiger partial charge is 0.239 e. The van der Waals surface area contributed by atoms with Gasteiger partial charge in [-0.3, -0.25) is 0 Å². The molecule has 2 nitrogen and oxygen atoms in total. The zero-order valence-corrected chi connectivity index (χ0v) is 11.9. The van der Waals surface area contributed by atoms with Crippen molar-refractivity contribution >= 4 is 46.0 Å². The molecule has 0 saturated heterocycles. The third-order valence-corrected chi connectivity index (χ3v) is 4.19. The average molecular weight is 343 g/mol. The van der Waals surface area contributed by atoms with Crippen molar-refractivity contribution in [3.8, 4) is 0 Å². The molecule has 14 heavy (non-hydrogen) atoms. The Morgan fingerprint density at radius 1 is 1.57 bits per heavy atom. The Morgan fingerprint density at radius 3 is 2.86 bits per heavy atom. The number of rotatable bonds is 4. The minimum Gasteiger partial charge on any atom is -0.239 e. The molecule has 0 amide bonds. The van der Waals surface area contributed by atoms with Crippen LogP contribution in [0.3, 0.4) is 0 Å². The Balaban J connectivity index is 2.47. The first-order valence-corrected chi connectivity index (χ1v) is 6.95. The molecule has 0 unspecified atom stereocenters. The Kier molecular flexibility index (Phi) is 5.48. The van der Waals surface area contributed by atoms with Crippen LogP contribution in [0.2, 0.25) is 5.15 Å². The molecule has 0 spiro atoms. The van der Waals surface area contributed by atoms with Gasteiger partial charge in [-0.15, -0.1) is 0 Å². The second-order valence-electron chi connectivity index (χ2n) is 3.33. The smallest absolute Gasteiger partial charge is 0.146 e. The highest BCUT2D eigenvalue weighted by Gasteiger charge is 2.03. The predicted octanol–water partition coefficient (Wildman–Crippen LogP) is 3.62. The fraction of sp³-hybridized carbons (Fsp3) is 0.556. The number of hydrogen-bond acceptors (Lipinski definition) is 3. The van der Waals surface area contributed by atoms with Crippen LogP contribution in [0.25, 0.3) is 0 Å². The number of hydrogen-bond donors (Lipinski definition) is 0. The molecule has 0 bridgehead atoms. The Bertz CT molecular complexity index is 307. The lowest BCUT2D eigenvalue weighted by Crippen LogP contribution is -1.97. The summed E-state index contributed by atoms with van der Waals surface area (Å²) in [5.41, 5.74) is 0. The maximum atomic E-state index is 5.89. The lowest BCUT2D eigenvalue weighted by atomic mass is 10.3. The van der Waals surface area contributed by atoms with Gasteiger partial charge in [-0.05, 0) is 34.3 Å². The van der Waals surface area contributed by atoms with Crippen LogP contribution in [-0.2, 0) is 5.75 Å². The second kappa shape index (κ2) is 6.12. The van der Waals surface area contributed by atoms with Gasteiger partial charge >= 0.3 is 0 Å². The van der Waals surface area contributed by atoms with E-state index in [0.717, 1.165) is 20.9 Å². The highest BCUT2D eigenvalue weighted by atomic mass is 127. The highest BCUT2D eigenvalue weighted by molar-refractivity contribution is 14.1. The van der Waals surface area contributed by atoms with E-state index in [9.17, 15) is 0 Å². The van der Waals surface area contributed by atoms with Crippen LogP contribution in [0.1, 0.15) is 19.7 Å². The molecule has 1 rings (SSSR count). The molecular formula is C9H12ClIN2S. The van der Waals surface area contributed by atoms with Gasteiger partial charge < -0.3 is 0 Å². The SMILES string of the molecule is CC(C)CSCc1ncc(I)c(Cl)n1. The molecule has 0 aliphatic heterocycles. The lowest BCUT2D eigenvalue weighted by Gasteiger charge is -2.04. The van der Waals surface area contributed by atoms with E-state index in [1.54, 1.807) is 6.20 Å². The first kappa shape index (κ1) is 12.5. The molecule has 78 valence electrons. The van der Waals surface area contributed by atoms with Crippen LogP contribution in [0.15, 0.2) is 6.20 Å². The van der Waals surface area contributed by atoms with Crippen molar-refractivity contribution in [2.24, 2.45) is 5.92 Å². The van der Waals surface area contributed by atoms with Crippen LogP contribution in [0.5, 0.6) is 0 Å². The summed E-state index contributed by atoms with van der Waals surface area (Å²) in [6, 6.07) is 0. The third-order valence-electron chi connectivity index (χ3n) is 1.43. The molecule has 1 aromatic heterocycles. The summed E-state index contributed by atoms with van der Waals surface area (Å²) in [5, 5.41) is 0.556. The first-order chi connectivity index (χ1) is 6.59. The van der Waals surface area contributed by atoms with Crippen molar-refractivity contribution in [3.63, 3.8) is 0 Å². The minimum atomic E-state index is 0.556. The van der Waals surface area contributed by atoms with Gasteiger partial charge in [0, 0.05) is 6.20 Å². The van der Waals surface area contributed by atoms with Crippen LogP contribution >= 0.6 is 46.0 Å². The Morgan fingerprint density at radius 2 is 2.29 bits per heavy atom. The predicted molar refractivity (Wildman–Crippen MR) is 70.8 cm³/mol. The number of thioether (sulfide) groups is 1. The molecule has 0 saturated carbocycles. The van der Waals surface area contributed by atoms with Crippen LogP contribution in [-0.4, -0.2) is 15.7 Å². The molecule has 0 radical (unpaired) electrons. The minimum absolute atomic E-state index is 0.556. The lowest BCUT2D eigenvalue weighted by molar-refractivity contribution is 0.749. The molecule has 0 atom stereocenters. The number of aromatic nitrogens is 2. The molecule has 0 N–H and O–H groups in total. The van der Waals surface area contributed by atoms with E-state index >= 15 is 0 Å². The number of halogens is 2. The van der Waals surface area contributed by atoms with Gasteiger partial charge in [-0.1, -0.05) is 25.4 Å². The van der Waals surface area contributed by atoms with Crippen molar-refractivity contribution in [1.29, 1.82) is 0 Å². The maximum absolute atomic E-state index is 5.89. The molecule has 1 aromatic rings. The molecule has 0 aliphatic carbocycles. The van der Waals surface area contributed by atoms with Crippen molar-refractivity contribution in [3.05, 3.63) is 20.7 Å².